The van der Waals surface area contributed by atoms with Crippen molar-refractivity contribution in [1.82, 2.24) is 5.32 Å². The van der Waals surface area contributed by atoms with Crippen LogP contribution in [-0.4, -0.2) is 20.9 Å². The van der Waals surface area contributed by atoms with Crippen LogP contribution in [0.15, 0.2) is 65.1 Å². The maximum Gasteiger partial charge on any atom is 0.261 e. The predicted octanol–water partition coefficient (Wildman–Crippen LogP) is 4.76. The van der Waals surface area contributed by atoms with Gasteiger partial charge >= 0.3 is 0 Å². The number of sulfonamides is 1. The van der Waals surface area contributed by atoms with Gasteiger partial charge in [0, 0.05) is 12.1 Å². The number of hydrogen-bond acceptors (Lipinski definition) is 3. The van der Waals surface area contributed by atoms with Gasteiger partial charge < -0.3 is 5.32 Å². The van der Waals surface area contributed by atoms with Crippen molar-refractivity contribution in [3.8, 4) is 0 Å². The van der Waals surface area contributed by atoms with Crippen LogP contribution < -0.4 is 10.0 Å². The Morgan fingerprint density at radius 2 is 1.79 bits per heavy atom. The van der Waals surface area contributed by atoms with Crippen molar-refractivity contribution in [2.75, 3.05) is 11.3 Å². The van der Waals surface area contributed by atoms with E-state index in [0.29, 0.717) is 22.8 Å². The second kappa shape index (κ2) is 9.26. The molecule has 148 valence electrons. The van der Waals surface area contributed by atoms with Crippen LogP contribution in [0.2, 0.25) is 5.02 Å². The topological polar surface area (TPSA) is 75.3 Å². The highest BCUT2D eigenvalue weighted by Crippen LogP contribution is 2.24. The summed E-state index contributed by atoms with van der Waals surface area (Å²) in [5, 5.41) is 3.20. The molecule has 0 aliphatic heterocycles. The van der Waals surface area contributed by atoms with Gasteiger partial charge in [0.25, 0.3) is 15.9 Å². The monoisotopic (exact) mass is 418 g/mol. The zero-order valence-electron chi connectivity index (χ0n) is 15.4. The summed E-state index contributed by atoms with van der Waals surface area (Å²) >= 11 is 6.01. The van der Waals surface area contributed by atoms with E-state index in [2.05, 4.69) is 16.1 Å². The van der Waals surface area contributed by atoms with E-state index in [1.807, 2.05) is 0 Å². The zero-order valence-corrected chi connectivity index (χ0v) is 17.0. The summed E-state index contributed by atoms with van der Waals surface area (Å²) in [7, 11) is -3.78. The van der Waals surface area contributed by atoms with E-state index in [4.69, 9.17) is 11.6 Å². The highest BCUT2D eigenvalue weighted by molar-refractivity contribution is 7.92. The first-order valence-corrected chi connectivity index (χ1v) is 11.2. The van der Waals surface area contributed by atoms with E-state index in [9.17, 15) is 13.2 Å². The Hall–Kier alpha value is -2.31. The summed E-state index contributed by atoms with van der Waals surface area (Å²) in [5.41, 5.74) is 2.14. The van der Waals surface area contributed by atoms with Crippen molar-refractivity contribution in [2.24, 2.45) is 0 Å². The molecular formula is C21H23ClN2O3S. The Kier molecular flexibility index (Phi) is 6.75. The summed E-state index contributed by atoms with van der Waals surface area (Å²) < 4.78 is 27.5. The van der Waals surface area contributed by atoms with Gasteiger partial charge in [-0.25, -0.2) is 8.42 Å². The second-order valence-corrected chi connectivity index (χ2v) is 8.81. The first-order valence-electron chi connectivity index (χ1n) is 9.29. The maximum absolute atomic E-state index is 12.5. The number of rotatable bonds is 7. The van der Waals surface area contributed by atoms with Gasteiger partial charge in [-0.15, -0.1) is 0 Å². The highest BCUT2D eigenvalue weighted by Gasteiger charge is 2.16. The fourth-order valence-electron chi connectivity index (χ4n) is 3.10. The first kappa shape index (κ1) is 20.4. The Bertz CT molecular complexity index is 969. The van der Waals surface area contributed by atoms with Crippen LogP contribution in [0.4, 0.5) is 5.69 Å². The summed E-state index contributed by atoms with van der Waals surface area (Å²) in [6.07, 6.45) is 7.83. The van der Waals surface area contributed by atoms with E-state index < -0.39 is 10.0 Å². The quantitative estimate of drug-likeness (QED) is 0.636. The fourth-order valence-corrected chi connectivity index (χ4v) is 4.42. The van der Waals surface area contributed by atoms with Gasteiger partial charge in [0.2, 0.25) is 0 Å². The first-order chi connectivity index (χ1) is 13.5. The lowest BCUT2D eigenvalue weighted by Crippen LogP contribution is -2.25. The number of hydrogen-bond donors (Lipinski definition) is 2. The predicted molar refractivity (Wildman–Crippen MR) is 112 cm³/mol. The van der Waals surface area contributed by atoms with Crippen LogP contribution in [0.5, 0.6) is 0 Å². The molecule has 28 heavy (non-hydrogen) atoms. The zero-order chi connectivity index (χ0) is 20.0. The van der Waals surface area contributed by atoms with Gasteiger partial charge in [-0.3, -0.25) is 9.52 Å². The molecule has 0 bridgehead atoms. The molecule has 0 spiro atoms. The average Bonchev–Trinajstić information content (AvgIpc) is 2.70. The molecule has 3 rings (SSSR count). The summed E-state index contributed by atoms with van der Waals surface area (Å²) in [6.45, 7) is 0.582. The normalized spacial score (nSPS) is 14.2. The third kappa shape index (κ3) is 5.36. The molecule has 0 fully saturated rings. The number of allylic oxidation sites excluding steroid dienone is 1. The van der Waals surface area contributed by atoms with E-state index in [1.165, 1.54) is 42.7 Å². The van der Waals surface area contributed by atoms with Crippen LogP contribution in [0, 0.1) is 0 Å². The van der Waals surface area contributed by atoms with E-state index >= 15 is 0 Å². The molecule has 0 heterocycles. The smallest absolute Gasteiger partial charge is 0.261 e. The molecule has 2 N–H and O–H groups in total. The van der Waals surface area contributed by atoms with Crippen LogP contribution >= 0.6 is 11.6 Å². The molecule has 0 saturated carbocycles. The molecule has 1 aliphatic rings. The third-order valence-electron chi connectivity index (χ3n) is 4.66. The van der Waals surface area contributed by atoms with Crippen molar-refractivity contribution in [3.05, 3.63) is 70.8 Å². The highest BCUT2D eigenvalue weighted by atomic mass is 35.5. The van der Waals surface area contributed by atoms with E-state index in [-0.39, 0.29) is 10.8 Å². The van der Waals surface area contributed by atoms with Crippen molar-refractivity contribution >= 4 is 33.2 Å². The Balaban J connectivity index is 1.59. The molecule has 5 nitrogen and oxygen atoms in total. The minimum Gasteiger partial charge on any atom is -0.352 e. The van der Waals surface area contributed by atoms with E-state index in [0.717, 1.165) is 19.3 Å². The van der Waals surface area contributed by atoms with Crippen molar-refractivity contribution in [1.29, 1.82) is 0 Å². The molecule has 2 aromatic carbocycles. The van der Waals surface area contributed by atoms with Crippen LogP contribution in [-0.2, 0) is 10.0 Å². The van der Waals surface area contributed by atoms with Gasteiger partial charge in [-0.05, 0) is 68.5 Å². The van der Waals surface area contributed by atoms with Crippen molar-refractivity contribution < 1.29 is 13.2 Å². The Morgan fingerprint density at radius 3 is 2.46 bits per heavy atom. The third-order valence-corrected chi connectivity index (χ3v) is 6.37. The molecule has 0 radical (unpaired) electrons. The molecule has 2 aromatic rings. The minimum absolute atomic E-state index is 0.0660. The number of para-hydroxylation sites is 1. The van der Waals surface area contributed by atoms with Crippen molar-refractivity contribution in [2.45, 2.75) is 37.0 Å². The molecule has 0 aromatic heterocycles. The summed E-state index contributed by atoms with van der Waals surface area (Å²) in [6, 6.07) is 12.5. The Morgan fingerprint density at radius 1 is 1.04 bits per heavy atom. The minimum atomic E-state index is -3.78. The number of halogens is 1. The number of amides is 1. The SMILES string of the molecule is O=C(NCCC1=CCCCC1)c1ccc(S(=O)(=O)Nc2ccccc2Cl)cc1. The van der Waals surface area contributed by atoms with Gasteiger partial charge in [0.1, 0.15) is 0 Å². The summed E-state index contributed by atoms with van der Waals surface area (Å²) in [4.78, 5) is 12.3. The van der Waals surface area contributed by atoms with E-state index in [1.54, 1.807) is 24.3 Å². The van der Waals surface area contributed by atoms with Crippen LogP contribution in [0.25, 0.3) is 0 Å². The van der Waals surface area contributed by atoms with Crippen molar-refractivity contribution in [3.63, 3.8) is 0 Å². The average molecular weight is 419 g/mol. The second-order valence-electron chi connectivity index (χ2n) is 6.72. The lowest BCUT2D eigenvalue weighted by Gasteiger charge is -2.13. The number of carbonyl (C=O) groups excluding carboxylic acids is 1. The fraction of sp³-hybridized carbons (Fsp3) is 0.286. The Labute approximate surface area is 170 Å². The van der Waals surface area contributed by atoms with Gasteiger partial charge in [0.05, 0.1) is 15.6 Å². The molecule has 7 heteroatoms. The molecule has 0 atom stereocenters. The standard InChI is InChI=1S/C21H23ClN2O3S/c22-19-8-4-5-9-20(19)24-28(26,27)18-12-10-17(11-13-18)21(25)23-15-14-16-6-2-1-3-7-16/h4-6,8-13,24H,1-3,7,14-15H2,(H,23,25). The molecular weight excluding hydrogens is 396 g/mol. The van der Waals surface area contributed by atoms with Gasteiger partial charge in [-0.1, -0.05) is 35.4 Å². The van der Waals surface area contributed by atoms with Gasteiger partial charge in [0.15, 0.2) is 0 Å². The lowest BCUT2D eigenvalue weighted by molar-refractivity contribution is 0.0954. The number of carbonyl (C=O) groups is 1. The summed E-state index contributed by atoms with van der Waals surface area (Å²) in [5.74, 6) is -0.209. The number of anilines is 1. The number of benzene rings is 2. The lowest BCUT2D eigenvalue weighted by atomic mass is 9.97. The largest absolute Gasteiger partial charge is 0.352 e. The molecule has 0 saturated heterocycles. The number of nitrogens with one attached hydrogen (secondary N) is 2. The van der Waals surface area contributed by atoms with Crippen LogP contribution in [0.1, 0.15) is 42.5 Å². The molecule has 0 unspecified atom stereocenters. The van der Waals surface area contributed by atoms with Crippen LogP contribution in [0.3, 0.4) is 0 Å². The molecule has 1 amide bonds. The maximum atomic E-state index is 12.5. The van der Waals surface area contributed by atoms with Gasteiger partial charge in [-0.2, -0.15) is 0 Å². The molecule has 1 aliphatic carbocycles.